The standard InChI is InChI=1S/C18H25N5O2/c1-12(2)16-20-17-13(6-3-10-23(17)21-16)19-18(24)22-9-4-7-14(22)15-8-5-11-25-15/h5,8,11-14H,3-4,6-7,9-10H2,1-2H3,(H,19,24)/t13-,14+/m0/s1. The van der Waals surface area contributed by atoms with Crippen LogP contribution in [0.25, 0.3) is 0 Å². The monoisotopic (exact) mass is 343 g/mol. The Hall–Kier alpha value is -2.31. The minimum absolute atomic E-state index is 0.0303. The maximum absolute atomic E-state index is 12.9. The average Bonchev–Trinajstić information content (AvgIpc) is 3.33. The van der Waals surface area contributed by atoms with Gasteiger partial charge in [0.05, 0.1) is 18.3 Å². The first-order valence-corrected chi connectivity index (χ1v) is 9.18. The highest BCUT2D eigenvalue weighted by Crippen LogP contribution is 2.33. The molecule has 7 nitrogen and oxygen atoms in total. The molecule has 1 N–H and O–H groups in total. The summed E-state index contributed by atoms with van der Waals surface area (Å²) in [6.45, 7) is 5.81. The number of aryl methyl sites for hydroxylation is 1. The van der Waals surface area contributed by atoms with Gasteiger partial charge >= 0.3 is 6.03 Å². The highest BCUT2D eigenvalue weighted by Gasteiger charge is 2.34. The number of hydrogen-bond donors (Lipinski definition) is 1. The first-order chi connectivity index (χ1) is 12.1. The fraction of sp³-hybridized carbons (Fsp3) is 0.611. The molecule has 0 saturated carbocycles. The molecule has 2 aromatic rings. The van der Waals surface area contributed by atoms with Crippen LogP contribution in [0.2, 0.25) is 0 Å². The highest BCUT2D eigenvalue weighted by molar-refractivity contribution is 5.75. The molecule has 134 valence electrons. The summed E-state index contributed by atoms with van der Waals surface area (Å²) < 4.78 is 7.48. The van der Waals surface area contributed by atoms with E-state index in [1.165, 1.54) is 0 Å². The third kappa shape index (κ3) is 3.03. The van der Waals surface area contributed by atoms with Crippen molar-refractivity contribution in [1.82, 2.24) is 25.0 Å². The van der Waals surface area contributed by atoms with Crippen LogP contribution in [0.1, 0.15) is 74.9 Å². The number of amides is 2. The topological polar surface area (TPSA) is 76.2 Å². The second-order valence-electron chi connectivity index (χ2n) is 7.22. The Morgan fingerprint density at radius 1 is 1.32 bits per heavy atom. The number of hydrogen-bond acceptors (Lipinski definition) is 4. The molecule has 4 rings (SSSR count). The number of nitrogens with one attached hydrogen (secondary N) is 1. The SMILES string of the molecule is CC(C)c1nc2n(n1)CCC[C@@H]2NC(=O)N1CCC[C@@H]1c1ccco1. The van der Waals surface area contributed by atoms with E-state index in [1.54, 1.807) is 6.26 Å². The smallest absolute Gasteiger partial charge is 0.318 e. The number of nitrogens with zero attached hydrogens (tertiary/aromatic N) is 4. The molecule has 4 heterocycles. The summed E-state index contributed by atoms with van der Waals surface area (Å²) in [6, 6.07) is 3.75. The molecule has 2 aliphatic rings. The number of furan rings is 1. The Balaban J connectivity index is 1.50. The van der Waals surface area contributed by atoms with Crippen LogP contribution < -0.4 is 5.32 Å². The van der Waals surface area contributed by atoms with Crippen LogP contribution in [0, 0.1) is 0 Å². The van der Waals surface area contributed by atoms with Crippen molar-refractivity contribution in [2.24, 2.45) is 0 Å². The number of rotatable bonds is 3. The van der Waals surface area contributed by atoms with E-state index in [1.807, 2.05) is 21.7 Å². The lowest BCUT2D eigenvalue weighted by molar-refractivity contribution is 0.179. The average molecular weight is 343 g/mol. The number of fused-ring (bicyclic) bond motifs is 1. The van der Waals surface area contributed by atoms with E-state index in [-0.39, 0.29) is 24.0 Å². The van der Waals surface area contributed by atoms with Crippen LogP contribution in [-0.2, 0) is 6.54 Å². The highest BCUT2D eigenvalue weighted by atomic mass is 16.3. The van der Waals surface area contributed by atoms with Crippen LogP contribution in [-0.4, -0.2) is 32.2 Å². The van der Waals surface area contributed by atoms with E-state index < -0.39 is 0 Å². The molecule has 0 aliphatic carbocycles. The van der Waals surface area contributed by atoms with Crippen molar-refractivity contribution in [1.29, 1.82) is 0 Å². The van der Waals surface area contributed by atoms with Gasteiger partial charge in [-0.1, -0.05) is 13.8 Å². The largest absolute Gasteiger partial charge is 0.467 e. The molecule has 0 aromatic carbocycles. The maximum atomic E-state index is 12.9. The lowest BCUT2D eigenvalue weighted by atomic mass is 10.1. The fourth-order valence-electron chi connectivity index (χ4n) is 3.77. The zero-order valence-corrected chi connectivity index (χ0v) is 14.8. The molecule has 7 heteroatoms. The van der Waals surface area contributed by atoms with Gasteiger partial charge in [0.1, 0.15) is 11.6 Å². The number of aromatic nitrogens is 3. The van der Waals surface area contributed by atoms with Crippen molar-refractivity contribution in [3.05, 3.63) is 35.8 Å². The molecule has 0 spiro atoms. The van der Waals surface area contributed by atoms with Crippen LogP contribution in [0.3, 0.4) is 0 Å². The third-order valence-electron chi connectivity index (χ3n) is 5.09. The zero-order valence-electron chi connectivity index (χ0n) is 14.8. The molecule has 0 unspecified atom stereocenters. The molecule has 1 fully saturated rings. The number of carbonyl (C=O) groups excluding carboxylic acids is 1. The van der Waals surface area contributed by atoms with E-state index in [4.69, 9.17) is 4.42 Å². The second kappa shape index (κ2) is 6.54. The van der Waals surface area contributed by atoms with Crippen molar-refractivity contribution in [3.8, 4) is 0 Å². The zero-order chi connectivity index (χ0) is 17.4. The van der Waals surface area contributed by atoms with Crippen molar-refractivity contribution in [2.45, 2.75) is 64.1 Å². The van der Waals surface area contributed by atoms with Crippen molar-refractivity contribution in [3.63, 3.8) is 0 Å². The first-order valence-electron chi connectivity index (χ1n) is 9.18. The van der Waals surface area contributed by atoms with Gasteiger partial charge in [-0.15, -0.1) is 0 Å². The van der Waals surface area contributed by atoms with Gasteiger partial charge in [0.15, 0.2) is 5.82 Å². The summed E-state index contributed by atoms with van der Waals surface area (Å²) in [5.41, 5.74) is 0. The molecular formula is C18H25N5O2. The summed E-state index contributed by atoms with van der Waals surface area (Å²) in [6.07, 6.45) is 5.51. The van der Waals surface area contributed by atoms with Gasteiger partial charge in [-0.3, -0.25) is 0 Å². The summed E-state index contributed by atoms with van der Waals surface area (Å²) in [4.78, 5) is 19.5. The second-order valence-corrected chi connectivity index (χ2v) is 7.22. The molecule has 2 amide bonds. The molecule has 1 saturated heterocycles. The molecule has 2 atom stereocenters. The maximum Gasteiger partial charge on any atom is 0.318 e. The van der Waals surface area contributed by atoms with Gasteiger partial charge in [-0.05, 0) is 37.8 Å². The Morgan fingerprint density at radius 3 is 2.92 bits per heavy atom. The van der Waals surface area contributed by atoms with Crippen molar-refractivity contribution < 1.29 is 9.21 Å². The quantitative estimate of drug-likeness (QED) is 0.927. The van der Waals surface area contributed by atoms with Gasteiger partial charge in [-0.25, -0.2) is 14.5 Å². The van der Waals surface area contributed by atoms with Gasteiger partial charge < -0.3 is 14.6 Å². The lowest BCUT2D eigenvalue weighted by Crippen LogP contribution is -2.42. The predicted molar refractivity (Wildman–Crippen MR) is 92.0 cm³/mol. The summed E-state index contributed by atoms with van der Waals surface area (Å²) in [5, 5.41) is 7.77. The van der Waals surface area contributed by atoms with Crippen LogP contribution in [0.4, 0.5) is 4.79 Å². The van der Waals surface area contributed by atoms with Gasteiger partial charge in [-0.2, -0.15) is 5.10 Å². The van der Waals surface area contributed by atoms with E-state index in [0.29, 0.717) is 0 Å². The fourth-order valence-corrected chi connectivity index (χ4v) is 3.77. The molecule has 0 bridgehead atoms. The molecular weight excluding hydrogens is 318 g/mol. The van der Waals surface area contributed by atoms with E-state index >= 15 is 0 Å². The van der Waals surface area contributed by atoms with Crippen molar-refractivity contribution >= 4 is 6.03 Å². The van der Waals surface area contributed by atoms with Crippen LogP contribution >= 0.6 is 0 Å². The number of likely N-dealkylation sites (tertiary alicyclic amines) is 1. The van der Waals surface area contributed by atoms with E-state index in [2.05, 4.69) is 29.2 Å². The normalized spacial score (nSPS) is 23.1. The van der Waals surface area contributed by atoms with Crippen LogP contribution in [0.15, 0.2) is 22.8 Å². The predicted octanol–water partition coefficient (Wildman–Crippen LogP) is 3.38. The Morgan fingerprint density at radius 2 is 2.16 bits per heavy atom. The number of carbonyl (C=O) groups is 1. The van der Waals surface area contributed by atoms with E-state index in [0.717, 1.165) is 56.2 Å². The molecule has 0 radical (unpaired) electrons. The van der Waals surface area contributed by atoms with E-state index in [9.17, 15) is 4.79 Å². The minimum Gasteiger partial charge on any atom is -0.467 e. The number of urea groups is 1. The Labute approximate surface area is 147 Å². The van der Waals surface area contributed by atoms with Gasteiger partial charge in [0.25, 0.3) is 0 Å². The third-order valence-corrected chi connectivity index (χ3v) is 5.09. The summed E-state index contributed by atoms with van der Waals surface area (Å²) >= 11 is 0. The van der Waals surface area contributed by atoms with Gasteiger partial charge in [0, 0.05) is 19.0 Å². The summed E-state index contributed by atoms with van der Waals surface area (Å²) in [7, 11) is 0. The van der Waals surface area contributed by atoms with Crippen molar-refractivity contribution in [2.75, 3.05) is 6.54 Å². The Bertz CT molecular complexity index is 737. The summed E-state index contributed by atoms with van der Waals surface area (Å²) in [5.74, 6) is 2.89. The molecule has 2 aliphatic heterocycles. The van der Waals surface area contributed by atoms with Crippen LogP contribution in [0.5, 0.6) is 0 Å². The van der Waals surface area contributed by atoms with Gasteiger partial charge in [0.2, 0.25) is 0 Å². The Kier molecular flexibility index (Phi) is 4.23. The first kappa shape index (κ1) is 16.2. The minimum atomic E-state index is -0.0703. The lowest BCUT2D eigenvalue weighted by Gasteiger charge is -2.28. The molecule has 2 aromatic heterocycles. The molecule has 25 heavy (non-hydrogen) atoms.